The lowest BCUT2D eigenvalue weighted by Crippen LogP contribution is -2.30. The van der Waals surface area contributed by atoms with Crippen LogP contribution in [0.4, 0.5) is 0 Å². The van der Waals surface area contributed by atoms with Gasteiger partial charge in [0.1, 0.15) is 17.6 Å². The second-order valence-corrected chi connectivity index (χ2v) is 7.35. The van der Waals surface area contributed by atoms with Crippen molar-refractivity contribution in [2.75, 3.05) is 6.54 Å². The van der Waals surface area contributed by atoms with Crippen molar-refractivity contribution < 1.29 is 4.42 Å². The van der Waals surface area contributed by atoms with Crippen molar-refractivity contribution in [3.8, 4) is 11.3 Å². The predicted octanol–water partition coefficient (Wildman–Crippen LogP) is 5.38. The van der Waals surface area contributed by atoms with Crippen LogP contribution in [-0.4, -0.2) is 21.5 Å². The first-order valence-electron chi connectivity index (χ1n) is 9.01. The highest BCUT2D eigenvalue weighted by Crippen LogP contribution is 2.40. The molecule has 1 fully saturated rings. The molecule has 0 bridgehead atoms. The summed E-state index contributed by atoms with van der Waals surface area (Å²) in [5, 5.41) is 4.87. The maximum atomic E-state index is 6.26. The van der Waals surface area contributed by atoms with Crippen LogP contribution in [0.25, 0.3) is 11.3 Å². The Morgan fingerprint density at radius 1 is 1.15 bits per heavy atom. The Hall–Kier alpha value is -2.37. The summed E-state index contributed by atoms with van der Waals surface area (Å²) in [7, 11) is 0. The SMILES string of the molecule is CCCN1C(=S)NC(c2ccccn2)C1c1ccc(-c2ccc(Cl)cc2)o1. The molecule has 1 aliphatic heterocycles. The summed E-state index contributed by atoms with van der Waals surface area (Å²) >= 11 is 11.6. The first-order chi connectivity index (χ1) is 13.2. The molecule has 2 aromatic heterocycles. The molecule has 1 N–H and O–H groups in total. The third-order valence-corrected chi connectivity index (χ3v) is 5.31. The fraction of sp³-hybridized carbons (Fsp3) is 0.238. The topological polar surface area (TPSA) is 41.3 Å². The monoisotopic (exact) mass is 397 g/mol. The van der Waals surface area contributed by atoms with Gasteiger partial charge < -0.3 is 14.6 Å². The van der Waals surface area contributed by atoms with Gasteiger partial charge in [-0.1, -0.05) is 24.6 Å². The van der Waals surface area contributed by atoms with Crippen LogP contribution >= 0.6 is 23.8 Å². The molecule has 4 rings (SSSR count). The van der Waals surface area contributed by atoms with E-state index in [1.807, 2.05) is 54.6 Å². The summed E-state index contributed by atoms with van der Waals surface area (Å²) in [5.41, 5.74) is 1.95. The summed E-state index contributed by atoms with van der Waals surface area (Å²) in [5.74, 6) is 1.69. The van der Waals surface area contributed by atoms with Gasteiger partial charge in [0.2, 0.25) is 0 Å². The van der Waals surface area contributed by atoms with E-state index in [1.165, 1.54) is 0 Å². The predicted molar refractivity (Wildman–Crippen MR) is 112 cm³/mol. The fourth-order valence-electron chi connectivity index (χ4n) is 3.48. The van der Waals surface area contributed by atoms with Crippen LogP contribution in [0.5, 0.6) is 0 Å². The number of hydrogen-bond acceptors (Lipinski definition) is 3. The summed E-state index contributed by atoms with van der Waals surface area (Å²) in [6.07, 6.45) is 2.80. The van der Waals surface area contributed by atoms with Crippen LogP contribution in [-0.2, 0) is 0 Å². The molecule has 27 heavy (non-hydrogen) atoms. The molecule has 1 aliphatic rings. The van der Waals surface area contributed by atoms with Gasteiger partial charge in [-0.3, -0.25) is 4.98 Å². The van der Waals surface area contributed by atoms with Gasteiger partial charge >= 0.3 is 0 Å². The molecule has 3 aromatic rings. The Labute approximate surface area is 169 Å². The van der Waals surface area contributed by atoms with Crippen molar-refractivity contribution >= 4 is 28.9 Å². The third-order valence-electron chi connectivity index (χ3n) is 4.71. The Bertz CT molecular complexity index is 926. The number of rotatable bonds is 5. The number of halogens is 1. The Morgan fingerprint density at radius 2 is 1.96 bits per heavy atom. The van der Waals surface area contributed by atoms with Crippen LogP contribution in [0.1, 0.15) is 36.9 Å². The summed E-state index contributed by atoms with van der Waals surface area (Å²) < 4.78 is 6.26. The molecule has 2 unspecified atom stereocenters. The van der Waals surface area contributed by atoms with Crippen LogP contribution in [0.2, 0.25) is 5.02 Å². The molecule has 1 saturated heterocycles. The zero-order chi connectivity index (χ0) is 18.8. The van der Waals surface area contributed by atoms with E-state index in [2.05, 4.69) is 22.1 Å². The molecule has 1 aromatic carbocycles. The first kappa shape index (κ1) is 18.0. The Kier molecular flexibility index (Phi) is 5.14. The largest absolute Gasteiger partial charge is 0.459 e. The lowest BCUT2D eigenvalue weighted by molar-refractivity contribution is 0.275. The quantitative estimate of drug-likeness (QED) is 0.585. The second-order valence-electron chi connectivity index (χ2n) is 6.53. The van der Waals surface area contributed by atoms with Gasteiger partial charge in [-0.2, -0.15) is 0 Å². The zero-order valence-corrected chi connectivity index (χ0v) is 16.5. The molecule has 2 atom stereocenters. The summed E-state index contributed by atoms with van der Waals surface area (Å²) in [6, 6.07) is 17.5. The first-order valence-corrected chi connectivity index (χ1v) is 9.79. The van der Waals surface area contributed by atoms with E-state index < -0.39 is 0 Å². The number of furan rings is 1. The van der Waals surface area contributed by atoms with Crippen LogP contribution in [0.15, 0.2) is 65.2 Å². The number of aromatic nitrogens is 1. The maximum Gasteiger partial charge on any atom is 0.170 e. The van der Waals surface area contributed by atoms with Crippen LogP contribution in [0.3, 0.4) is 0 Å². The highest BCUT2D eigenvalue weighted by atomic mass is 35.5. The Morgan fingerprint density at radius 3 is 2.67 bits per heavy atom. The maximum absolute atomic E-state index is 6.26. The van der Waals surface area contributed by atoms with Gasteiger partial charge in [-0.05, 0) is 67.2 Å². The van der Waals surface area contributed by atoms with Gasteiger partial charge in [0.15, 0.2) is 5.11 Å². The number of nitrogens with one attached hydrogen (secondary N) is 1. The molecule has 0 aliphatic carbocycles. The molecule has 3 heterocycles. The molecule has 0 radical (unpaired) electrons. The molecule has 0 saturated carbocycles. The van der Waals surface area contributed by atoms with E-state index in [-0.39, 0.29) is 12.1 Å². The second kappa shape index (κ2) is 7.71. The standard InChI is InChI=1S/C21H20ClN3OS/c1-2-13-25-20(19(24-21(25)27)16-5-3-4-12-23-16)18-11-10-17(26-18)14-6-8-15(22)9-7-14/h3-12,19-20H,2,13H2,1H3,(H,24,27). The number of pyridine rings is 1. The van der Waals surface area contributed by atoms with Gasteiger partial charge in [0, 0.05) is 23.3 Å². The highest BCUT2D eigenvalue weighted by Gasteiger charge is 2.41. The molecular weight excluding hydrogens is 378 g/mol. The minimum Gasteiger partial charge on any atom is -0.459 e. The molecule has 6 heteroatoms. The van der Waals surface area contributed by atoms with Crippen molar-refractivity contribution in [3.63, 3.8) is 0 Å². The van der Waals surface area contributed by atoms with Crippen molar-refractivity contribution in [2.24, 2.45) is 0 Å². The van der Waals surface area contributed by atoms with E-state index in [1.54, 1.807) is 6.20 Å². The average molecular weight is 398 g/mol. The van der Waals surface area contributed by atoms with E-state index in [0.717, 1.165) is 40.9 Å². The third kappa shape index (κ3) is 3.57. The summed E-state index contributed by atoms with van der Waals surface area (Å²) in [6.45, 7) is 3.01. The fourth-order valence-corrected chi connectivity index (χ4v) is 3.94. The van der Waals surface area contributed by atoms with E-state index in [0.29, 0.717) is 5.02 Å². The van der Waals surface area contributed by atoms with E-state index >= 15 is 0 Å². The van der Waals surface area contributed by atoms with Crippen molar-refractivity contribution in [1.82, 2.24) is 15.2 Å². The van der Waals surface area contributed by atoms with Gasteiger partial charge in [-0.15, -0.1) is 0 Å². The number of nitrogens with zero attached hydrogens (tertiary/aromatic N) is 2. The lowest BCUT2D eigenvalue weighted by atomic mass is 10.0. The molecule has 0 spiro atoms. The van der Waals surface area contributed by atoms with Crippen LogP contribution < -0.4 is 5.32 Å². The number of hydrogen-bond donors (Lipinski definition) is 1. The van der Waals surface area contributed by atoms with Gasteiger partial charge in [-0.25, -0.2) is 0 Å². The molecule has 0 amide bonds. The van der Waals surface area contributed by atoms with Gasteiger partial charge in [0.05, 0.1) is 11.7 Å². The lowest BCUT2D eigenvalue weighted by Gasteiger charge is -2.25. The molecule has 138 valence electrons. The van der Waals surface area contributed by atoms with Crippen molar-refractivity contribution in [1.29, 1.82) is 0 Å². The minimum absolute atomic E-state index is 0.0339. The molecule has 4 nitrogen and oxygen atoms in total. The van der Waals surface area contributed by atoms with Crippen LogP contribution in [0, 0.1) is 0 Å². The zero-order valence-electron chi connectivity index (χ0n) is 14.9. The van der Waals surface area contributed by atoms with E-state index in [4.69, 9.17) is 28.2 Å². The van der Waals surface area contributed by atoms with Crippen molar-refractivity contribution in [2.45, 2.75) is 25.4 Å². The van der Waals surface area contributed by atoms with Gasteiger partial charge in [0.25, 0.3) is 0 Å². The average Bonchev–Trinajstić information content (AvgIpc) is 3.29. The highest BCUT2D eigenvalue weighted by molar-refractivity contribution is 7.80. The van der Waals surface area contributed by atoms with Crippen molar-refractivity contribution in [3.05, 3.63) is 77.3 Å². The number of benzene rings is 1. The smallest absolute Gasteiger partial charge is 0.170 e. The van der Waals surface area contributed by atoms with E-state index in [9.17, 15) is 0 Å². The molecular formula is C21H20ClN3OS. The number of thiocarbonyl (C=S) groups is 1. The normalized spacial score (nSPS) is 19.3. The Balaban J connectivity index is 1.71. The minimum atomic E-state index is -0.0468. The summed E-state index contributed by atoms with van der Waals surface area (Å²) in [4.78, 5) is 6.73.